The molecule has 0 fully saturated rings. The van der Waals surface area contributed by atoms with Crippen LogP contribution in [0.4, 0.5) is 5.69 Å². The number of hydrogen-bond acceptors (Lipinski definition) is 4. The van der Waals surface area contributed by atoms with Gasteiger partial charge in [0, 0.05) is 30.6 Å². The van der Waals surface area contributed by atoms with E-state index in [2.05, 4.69) is 5.32 Å². The number of rotatable bonds is 10. The van der Waals surface area contributed by atoms with Crippen molar-refractivity contribution >= 4 is 11.7 Å². The van der Waals surface area contributed by atoms with Crippen LogP contribution in [0.1, 0.15) is 49.3 Å². The van der Waals surface area contributed by atoms with Crippen LogP contribution in [0.25, 0.3) is 0 Å². The summed E-state index contributed by atoms with van der Waals surface area (Å²) in [7, 11) is 0. The highest BCUT2D eigenvalue weighted by Crippen LogP contribution is 2.27. The van der Waals surface area contributed by atoms with Gasteiger partial charge in [-0.15, -0.1) is 0 Å². The molecule has 0 radical (unpaired) electrons. The molecule has 27 heavy (non-hydrogen) atoms. The smallest absolute Gasteiger partial charge is 0.303 e. The van der Waals surface area contributed by atoms with E-state index in [4.69, 9.17) is 5.11 Å². The van der Waals surface area contributed by atoms with Crippen molar-refractivity contribution in [1.82, 2.24) is 5.32 Å². The normalized spacial score (nSPS) is 12.1. The van der Waals surface area contributed by atoms with Crippen molar-refractivity contribution in [3.8, 4) is 0 Å². The van der Waals surface area contributed by atoms with E-state index >= 15 is 0 Å². The van der Waals surface area contributed by atoms with E-state index in [1.54, 1.807) is 6.07 Å². The molecular weight excluding hydrogens is 344 g/mol. The Hall–Kier alpha value is -2.73. The number of carboxylic acid groups (broad SMARTS) is 1. The van der Waals surface area contributed by atoms with Crippen molar-refractivity contribution in [3.05, 3.63) is 75.3 Å². The predicted molar refractivity (Wildman–Crippen MR) is 105 cm³/mol. The molecule has 1 atom stereocenters. The molecule has 0 aliphatic carbocycles. The number of benzene rings is 2. The van der Waals surface area contributed by atoms with Gasteiger partial charge in [-0.1, -0.05) is 56.3 Å². The molecule has 2 rings (SSSR count). The third-order valence-corrected chi connectivity index (χ3v) is 4.54. The second kappa shape index (κ2) is 9.83. The second-order valence-electron chi connectivity index (χ2n) is 7.00. The molecule has 2 aromatic carbocycles. The summed E-state index contributed by atoms with van der Waals surface area (Å²) in [5.41, 5.74) is 2.80. The Morgan fingerprint density at radius 3 is 2.44 bits per heavy atom. The lowest BCUT2D eigenvalue weighted by Crippen LogP contribution is -2.31. The third-order valence-electron chi connectivity index (χ3n) is 4.54. The number of nitrogens with zero attached hydrogens (tertiary/aromatic N) is 1. The highest BCUT2D eigenvalue weighted by Gasteiger charge is 2.18. The Kier molecular flexibility index (Phi) is 7.49. The Balaban J connectivity index is 2.09. The summed E-state index contributed by atoms with van der Waals surface area (Å²) in [6, 6.07) is 15.2. The fourth-order valence-electron chi connectivity index (χ4n) is 3.08. The average molecular weight is 370 g/mol. The quantitative estimate of drug-likeness (QED) is 0.481. The molecule has 0 amide bonds. The van der Waals surface area contributed by atoms with Gasteiger partial charge in [0.25, 0.3) is 5.69 Å². The van der Waals surface area contributed by atoms with Gasteiger partial charge in [0.05, 0.1) is 4.92 Å². The van der Waals surface area contributed by atoms with Gasteiger partial charge in [0.2, 0.25) is 0 Å². The van der Waals surface area contributed by atoms with Gasteiger partial charge >= 0.3 is 5.97 Å². The minimum absolute atomic E-state index is 0.0210. The molecule has 0 heterocycles. The molecule has 1 unspecified atom stereocenters. The van der Waals surface area contributed by atoms with Gasteiger partial charge in [-0.25, -0.2) is 0 Å². The topological polar surface area (TPSA) is 92.5 Å². The maximum atomic E-state index is 11.4. The Morgan fingerprint density at radius 1 is 1.15 bits per heavy atom. The van der Waals surface area contributed by atoms with Crippen molar-refractivity contribution in [2.45, 2.75) is 51.6 Å². The number of aliphatic carboxylic acids is 1. The SMILES string of the molecule is CC(C)c1ccc(CNC(CCC(=O)O)Cc2ccccc2)cc1[N+](=O)[O-]. The van der Waals surface area contributed by atoms with Gasteiger partial charge in [-0.2, -0.15) is 0 Å². The molecule has 2 N–H and O–H groups in total. The van der Waals surface area contributed by atoms with Crippen LogP contribution < -0.4 is 5.32 Å². The summed E-state index contributed by atoms with van der Waals surface area (Å²) in [4.78, 5) is 22.0. The summed E-state index contributed by atoms with van der Waals surface area (Å²) >= 11 is 0. The minimum Gasteiger partial charge on any atom is -0.481 e. The zero-order valence-corrected chi connectivity index (χ0v) is 15.7. The van der Waals surface area contributed by atoms with E-state index in [1.807, 2.05) is 56.3 Å². The maximum absolute atomic E-state index is 11.4. The van der Waals surface area contributed by atoms with Crippen LogP contribution >= 0.6 is 0 Å². The molecule has 0 aromatic heterocycles. The number of hydrogen-bond donors (Lipinski definition) is 2. The predicted octanol–water partition coefficient (Wildman–Crippen LogP) is 4.28. The van der Waals surface area contributed by atoms with E-state index in [0.717, 1.165) is 16.7 Å². The first-order valence-corrected chi connectivity index (χ1v) is 9.13. The lowest BCUT2D eigenvalue weighted by atomic mass is 9.98. The summed E-state index contributed by atoms with van der Waals surface area (Å²) < 4.78 is 0. The first-order chi connectivity index (χ1) is 12.9. The minimum atomic E-state index is -0.827. The Labute approximate surface area is 159 Å². The number of nitrogens with one attached hydrogen (secondary N) is 1. The third kappa shape index (κ3) is 6.49. The lowest BCUT2D eigenvalue weighted by molar-refractivity contribution is -0.385. The maximum Gasteiger partial charge on any atom is 0.303 e. The van der Waals surface area contributed by atoms with Crippen molar-refractivity contribution in [2.75, 3.05) is 0 Å². The first-order valence-electron chi connectivity index (χ1n) is 9.13. The fourth-order valence-corrected chi connectivity index (χ4v) is 3.08. The van der Waals surface area contributed by atoms with Gasteiger partial charge in [0.1, 0.15) is 0 Å². The molecule has 144 valence electrons. The number of carboxylic acids is 1. The summed E-state index contributed by atoms with van der Waals surface area (Å²) in [5.74, 6) is -0.749. The van der Waals surface area contributed by atoms with Crippen LogP contribution in [0.5, 0.6) is 0 Å². The van der Waals surface area contributed by atoms with Crippen LogP contribution in [0, 0.1) is 10.1 Å². The molecule has 0 saturated heterocycles. The van der Waals surface area contributed by atoms with Crippen LogP contribution in [0.2, 0.25) is 0 Å². The number of nitro benzene ring substituents is 1. The molecule has 0 spiro atoms. The lowest BCUT2D eigenvalue weighted by Gasteiger charge is -2.19. The largest absolute Gasteiger partial charge is 0.481 e. The van der Waals surface area contributed by atoms with Crippen LogP contribution in [-0.2, 0) is 17.8 Å². The zero-order chi connectivity index (χ0) is 19.8. The Bertz CT molecular complexity index is 775. The molecule has 6 nitrogen and oxygen atoms in total. The van der Waals surface area contributed by atoms with Crippen molar-refractivity contribution in [3.63, 3.8) is 0 Å². The monoisotopic (exact) mass is 370 g/mol. The van der Waals surface area contributed by atoms with Gasteiger partial charge in [-0.3, -0.25) is 14.9 Å². The van der Waals surface area contributed by atoms with Crippen LogP contribution in [0.3, 0.4) is 0 Å². The van der Waals surface area contributed by atoms with Crippen molar-refractivity contribution in [1.29, 1.82) is 0 Å². The summed E-state index contributed by atoms with van der Waals surface area (Å²) in [6.07, 6.45) is 1.29. The van der Waals surface area contributed by atoms with Crippen LogP contribution in [-0.4, -0.2) is 22.0 Å². The van der Waals surface area contributed by atoms with Gasteiger partial charge < -0.3 is 10.4 Å². The molecule has 2 aromatic rings. The van der Waals surface area contributed by atoms with Crippen molar-refractivity contribution in [2.24, 2.45) is 0 Å². The molecule has 6 heteroatoms. The van der Waals surface area contributed by atoms with Crippen LogP contribution in [0.15, 0.2) is 48.5 Å². The second-order valence-corrected chi connectivity index (χ2v) is 7.00. The van der Waals surface area contributed by atoms with E-state index in [0.29, 0.717) is 19.4 Å². The fraction of sp³-hybridized carbons (Fsp3) is 0.381. The molecule has 0 saturated carbocycles. The first kappa shape index (κ1) is 20.6. The molecule has 0 aliphatic rings. The van der Waals surface area contributed by atoms with E-state index in [9.17, 15) is 14.9 Å². The zero-order valence-electron chi connectivity index (χ0n) is 15.7. The molecule has 0 aliphatic heterocycles. The number of carbonyl (C=O) groups is 1. The van der Waals surface area contributed by atoms with Crippen molar-refractivity contribution < 1.29 is 14.8 Å². The van der Waals surface area contributed by atoms with E-state index in [1.165, 1.54) is 0 Å². The summed E-state index contributed by atoms with van der Waals surface area (Å²) in [6.45, 7) is 4.32. The number of nitro groups is 1. The van der Waals surface area contributed by atoms with E-state index < -0.39 is 5.97 Å². The van der Waals surface area contributed by atoms with Gasteiger partial charge in [0.15, 0.2) is 0 Å². The highest BCUT2D eigenvalue weighted by molar-refractivity contribution is 5.66. The highest BCUT2D eigenvalue weighted by atomic mass is 16.6. The van der Waals surface area contributed by atoms with E-state index in [-0.39, 0.29) is 29.0 Å². The average Bonchev–Trinajstić information content (AvgIpc) is 2.64. The molecule has 0 bridgehead atoms. The summed E-state index contributed by atoms with van der Waals surface area (Å²) in [5, 5.41) is 23.7. The standard InChI is InChI=1S/C21H26N2O4/c1-15(2)19-10-8-17(13-20(19)23(26)27)14-22-18(9-11-21(24)25)12-16-6-4-3-5-7-16/h3-8,10,13,15,18,22H,9,11-12,14H2,1-2H3,(H,24,25). The van der Waals surface area contributed by atoms with Gasteiger partial charge in [-0.05, 0) is 29.9 Å². The Morgan fingerprint density at radius 2 is 1.85 bits per heavy atom. The molecular formula is C21H26N2O4.